The molecule has 1 heterocycles. The second-order valence-electron chi connectivity index (χ2n) is 7.87. The number of benzene rings is 3. The fourth-order valence-electron chi connectivity index (χ4n) is 3.61. The summed E-state index contributed by atoms with van der Waals surface area (Å²) in [6, 6.07) is 20.3. The molecule has 1 aliphatic heterocycles. The highest BCUT2D eigenvalue weighted by Gasteiger charge is 2.24. The summed E-state index contributed by atoms with van der Waals surface area (Å²) in [5.41, 5.74) is 3.88. The highest BCUT2D eigenvalue weighted by Crippen LogP contribution is 2.34. The van der Waals surface area contributed by atoms with Gasteiger partial charge in [0.15, 0.2) is 11.5 Å². The Morgan fingerprint density at radius 2 is 1.61 bits per heavy atom. The Morgan fingerprint density at radius 1 is 0.871 bits per heavy atom. The molecule has 1 aliphatic rings. The van der Waals surface area contributed by atoms with Crippen molar-refractivity contribution >= 4 is 10.0 Å². The van der Waals surface area contributed by atoms with E-state index in [1.165, 1.54) is 0 Å². The summed E-state index contributed by atoms with van der Waals surface area (Å²) in [5, 5.41) is 0. The molecule has 0 aromatic heterocycles. The van der Waals surface area contributed by atoms with E-state index in [0.29, 0.717) is 31.1 Å². The number of rotatable bonds is 6. The Bertz CT molecular complexity index is 1160. The van der Waals surface area contributed by atoms with Crippen molar-refractivity contribution < 1.29 is 17.9 Å². The molecule has 162 valence electrons. The molecule has 3 aromatic rings. The quantitative estimate of drug-likeness (QED) is 0.606. The average molecular weight is 438 g/mol. The van der Waals surface area contributed by atoms with E-state index < -0.39 is 16.1 Å². The van der Waals surface area contributed by atoms with Crippen molar-refractivity contribution in [2.75, 3.05) is 13.2 Å². The van der Waals surface area contributed by atoms with E-state index in [1.807, 2.05) is 68.4 Å². The first kappa shape index (κ1) is 21.4. The fraction of sp³-hybridized carbons (Fsp3) is 0.280. The summed E-state index contributed by atoms with van der Waals surface area (Å²) < 4.78 is 41.0. The smallest absolute Gasteiger partial charge is 0.241 e. The van der Waals surface area contributed by atoms with E-state index in [1.54, 1.807) is 12.1 Å². The molecule has 0 fully saturated rings. The van der Waals surface area contributed by atoms with Crippen LogP contribution in [0, 0.1) is 13.8 Å². The molecule has 1 unspecified atom stereocenters. The maximum atomic E-state index is 13.2. The van der Waals surface area contributed by atoms with Gasteiger partial charge in [-0.25, -0.2) is 13.1 Å². The minimum atomic E-state index is -3.72. The van der Waals surface area contributed by atoms with Crippen LogP contribution in [0.15, 0.2) is 71.6 Å². The second kappa shape index (κ2) is 9.12. The van der Waals surface area contributed by atoms with Gasteiger partial charge in [-0.05, 0) is 66.8 Å². The van der Waals surface area contributed by atoms with Crippen LogP contribution in [-0.4, -0.2) is 21.6 Å². The lowest BCUT2D eigenvalue weighted by molar-refractivity contribution is 0.297. The number of fused-ring (bicyclic) bond motifs is 1. The zero-order valence-electron chi connectivity index (χ0n) is 17.8. The van der Waals surface area contributed by atoms with Crippen LogP contribution in [0.4, 0.5) is 0 Å². The van der Waals surface area contributed by atoms with Crippen LogP contribution in [0.1, 0.15) is 34.7 Å². The summed E-state index contributed by atoms with van der Waals surface area (Å²) in [4.78, 5) is 0.267. The fourth-order valence-corrected chi connectivity index (χ4v) is 4.92. The highest BCUT2D eigenvalue weighted by atomic mass is 32.2. The molecule has 31 heavy (non-hydrogen) atoms. The van der Waals surface area contributed by atoms with Gasteiger partial charge in [0.25, 0.3) is 0 Å². The maximum absolute atomic E-state index is 13.2. The molecule has 1 atom stereocenters. The van der Waals surface area contributed by atoms with Gasteiger partial charge in [0.05, 0.1) is 24.2 Å². The number of hydrogen-bond donors (Lipinski definition) is 1. The lowest BCUT2D eigenvalue weighted by Gasteiger charge is -2.21. The summed E-state index contributed by atoms with van der Waals surface area (Å²) in [5.74, 6) is 1.34. The van der Waals surface area contributed by atoms with Gasteiger partial charge in [-0.15, -0.1) is 0 Å². The van der Waals surface area contributed by atoms with Crippen LogP contribution in [0.5, 0.6) is 11.5 Å². The first-order valence-corrected chi connectivity index (χ1v) is 11.9. The Labute approximate surface area is 184 Å². The molecule has 3 aromatic carbocycles. The minimum Gasteiger partial charge on any atom is -0.490 e. The van der Waals surface area contributed by atoms with E-state index in [-0.39, 0.29) is 4.90 Å². The minimum absolute atomic E-state index is 0.267. The normalized spacial score (nSPS) is 14.6. The van der Waals surface area contributed by atoms with Gasteiger partial charge in [-0.3, -0.25) is 0 Å². The van der Waals surface area contributed by atoms with Crippen LogP contribution in [0.2, 0.25) is 0 Å². The third-order valence-corrected chi connectivity index (χ3v) is 7.01. The van der Waals surface area contributed by atoms with Crippen LogP contribution in [0.3, 0.4) is 0 Å². The largest absolute Gasteiger partial charge is 0.490 e. The molecule has 1 N–H and O–H groups in total. The van der Waals surface area contributed by atoms with E-state index in [0.717, 1.165) is 28.7 Å². The van der Waals surface area contributed by atoms with E-state index in [9.17, 15) is 8.42 Å². The third kappa shape index (κ3) is 5.09. The van der Waals surface area contributed by atoms with Crippen molar-refractivity contribution in [3.63, 3.8) is 0 Å². The van der Waals surface area contributed by atoms with E-state index in [4.69, 9.17) is 9.47 Å². The van der Waals surface area contributed by atoms with E-state index >= 15 is 0 Å². The van der Waals surface area contributed by atoms with Gasteiger partial charge in [0.1, 0.15) is 0 Å². The lowest BCUT2D eigenvalue weighted by Crippen LogP contribution is -2.30. The zero-order chi connectivity index (χ0) is 21.8. The second-order valence-corrected chi connectivity index (χ2v) is 9.58. The maximum Gasteiger partial charge on any atom is 0.241 e. The molecule has 0 saturated heterocycles. The number of sulfonamides is 1. The Hall–Kier alpha value is -2.83. The van der Waals surface area contributed by atoms with Crippen molar-refractivity contribution in [3.8, 4) is 11.5 Å². The molecule has 0 amide bonds. The number of aryl methyl sites for hydroxylation is 2. The summed E-state index contributed by atoms with van der Waals surface area (Å²) in [7, 11) is -3.72. The molecule has 5 nitrogen and oxygen atoms in total. The topological polar surface area (TPSA) is 64.6 Å². The first-order chi connectivity index (χ1) is 14.9. The van der Waals surface area contributed by atoms with Crippen molar-refractivity contribution in [3.05, 3.63) is 89.0 Å². The molecule has 0 spiro atoms. The van der Waals surface area contributed by atoms with Crippen LogP contribution in [0.25, 0.3) is 0 Å². The van der Waals surface area contributed by atoms with Gasteiger partial charge < -0.3 is 9.47 Å². The van der Waals surface area contributed by atoms with Gasteiger partial charge in [-0.2, -0.15) is 0 Å². The monoisotopic (exact) mass is 437 g/mol. The Kier molecular flexibility index (Phi) is 6.30. The van der Waals surface area contributed by atoms with Crippen LogP contribution >= 0.6 is 0 Å². The average Bonchev–Trinajstić information content (AvgIpc) is 3.00. The molecule has 6 heteroatoms. The molecular formula is C25H27NO4S. The predicted molar refractivity (Wildman–Crippen MR) is 121 cm³/mol. The number of nitrogens with one attached hydrogen (secondary N) is 1. The summed E-state index contributed by atoms with van der Waals surface area (Å²) in [6.07, 6.45) is 1.33. The van der Waals surface area contributed by atoms with Crippen molar-refractivity contribution in [1.29, 1.82) is 0 Å². The molecule has 0 radical (unpaired) electrons. The molecule has 0 saturated carbocycles. The third-order valence-electron chi connectivity index (χ3n) is 5.54. The number of hydrogen-bond acceptors (Lipinski definition) is 4. The first-order valence-electron chi connectivity index (χ1n) is 10.5. The van der Waals surface area contributed by atoms with Gasteiger partial charge in [-0.1, -0.05) is 42.5 Å². The zero-order valence-corrected chi connectivity index (χ0v) is 18.6. The summed E-state index contributed by atoms with van der Waals surface area (Å²) in [6.45, 7) is 5.07. The standard InChI is InChI=1S/C25H27NO4S/c1-18-9-11-22(15-19(18)2)31(27,28)26-23(16-20-7-4-3-5-8-20)21-10-12-24-25(17-21)30-14-6-13-29-24/h3-5,7-12,15,17,23,26H,6,13-14,16H2,1-2H3. The molecule has 0 bridgehead atoms. The van der Waals surface area contributed by atoms with Crippen LogP contribution < -0.4 is 14.2 Å². The molecular weight excluding hydrogens is 410 g/mol. The highest BCUT2D eigenvalue weighted by molar-refractivity contribution is 7.89. The Balaban J connectivity index is 1.69. The van der Waals surface area contributed by atoms with Crippen molar-refractivity contribution in [2.24, 2.45) is 0 Å². The molecule has 0 aliphatic carbocycles. The van der Waals surface area contributed by atoms with E-state index in [2.05, 4.69) is 4.72 Å². The van der Waals surface area contributed by atoms with Gasteiger partial charge in [0.2, 0.25) is 10.0 Å². The molecule has 4 rings (SSSR count). The lowest BCUT2D eigenvalue weighted by atomic mass is 9.99. The van der Waals surface area contributed by atoms with Crippen molar-refractivity contribution in [1.82, 2.24) is 4.72 Å². The SMILES string of the molecule is Cc1ccc(S(=O)(=O)NC(Cc2ccccc2)c2ccc3c(c2)OCCCO3)cc1C. The summed E-state index contributed by atoms with van der Waals surface area (Å²) >= 11 is 0. The van der Waals surface area contributed by atoms with Gasteiger partial charge in [0, 0.05) is 6.42 Å². The number of ether oxygens (including phenoxy) is 2. The van der Waals surface area contributed by atoms with Gasteiger partial charge >= 0.3 is 0 Å². The Morgan fingerprint density at radius 3 is 2.35 bits per heavy atom. The predicted octanol–water partition coefficient (Wildman–Crippen LogP) is 4.73. The van der Waals surface area contributed by atoms with Crippen LogP contribution in [-0.2, 0) is 16.4 Å². The van der Waals surface area contributed by atoms with Crippen molar-refractivity contribution in [2.45, 2.75) is 37.6 Å².